The van der Waals surface area contributed by atoms with Crippen LogP contribution in [0.1, 0.15) is 5.56 Å². The number of benzene rings is 1. The van der Waals surface area contributed by atoms with Gasteiger partial charge in [-0.25, -0.2) is 4.79 Å². The van der Waals surface area contributed by atoms with Crippen molar-refractivity contribution in [3.63, 3.8) is 0 Å². The van der Waals surface area contributed by atoms with Gasteiger partial charge < -0.3 is 20.1 Å². The third-order valence-electron chi connectivity index (χ3n) is 2.90. The second kappa shape index (κ2) is 7.65. The smallest absolute Gasteiger partial charge is 0.319 e. The topological polar surface area (TPSA) is 72.5 Å². The Hall–Kier alpha value is -2.28. The molecule has 0 aliphatic rings. The molecule has 0 aliphatic heterocycles. The second-order valence-electron chi connectivity index (χ2n) is 4.36. The van der Waals surface area contributed by atoms with Crippen molar-refractivity contribution in [2.75, 3.05) is 19.5 Å². The minimum absolute atomic E-state index is 0.322. The molecule has 0 radical (unpaired) electrons. The van der Waals surface area contributed by atoms with Gasteiger partial charge in [0.2, 0.25) is 0 Å². The normalized spacial score (nSPS) is 9.95. The summed E-state index contributed by atoms with van der Waals surface area (Å²) in [7, 11) is 3.09. The molecular weight excluding hydrogens is 350 g/mol. The zero-order valence-corrected chi connectivity index (χ0v) is 13.8. The molecule has 1 heterocycles. The number of rotatable bonds is 5. The van der Waals surface area contributed by atoms with Gasteiger partial charge in [-0.05, 0) is 27.6 Å². The molecule has 2 rings (SSSR count). The van der Waals surface area contributed by atoms with Gasteiger partial charge in [0.25, 0.3) is 0 Å². The van der Waals surface area contributed by atoms with Crippen molar-refractivity contribution in [3.05, 3.63) is 46.7 Å². The zero-order chi connectivity index (χ0) is 15.9. The van der Waals surface area contributed by atoms with E-state index in [2.05, 4.69) is 31.5 Å². The average Bonchev–Trinajstić information content (AvgIpc) is 2.55. The monoisotopic (exact) mass is 365 g/mol. The third-order valence-corrected chi connectivity index (χ3v) is 3.55. The van der Waals surface area contributed by atoms with Crippen molar-refractivity contribution in [2.24, 2.45) is 0 Å². The van der Waals surface area contributed by atoms with Crippen molar-refractivity contribution in [3.8, 4) is 11.5 Å². The molecule has 0 saturated carbocycles. The van der Waals surface area contributed by atoms with E-state index < -0.39 is 0 Å². The lowest BCUT2D eigenvalue weighted by atomic mass is 10.2. The van der Waals surface area contributed by atoms with E-state index in [1.807, 2.05) is 12.1 Å². The Morgan fingerprint density at radius 1 is 1.27 bits per heavy atom. The molecule has 2 amide bonds. The van der Waals surface area contributed by atoms with E-state index in [0.29, 0.717) is 28.2 Å². The van der Waals surface area contributed by atoms with E-state index in [1.54, 1.807) is 31.6 Å². The molecule has 1 aromatic carbocycles. The lowest BCUT2D eigenvalue weighted by Crippen LogP contribution is -2.28. The van der Waals surface area contributed by atoms with E-state index in [9.17, 15) is 4.79 Å². The van der Waals surface area contributed by atoms with E-state index >= 15 is 0 Å². The van der Waals surface area contributed by atoms with Crippen molar-refractivity contribution < 1.29 is 14.3 Å². The van der Waals surface area contributed by atoms with Gasteiger partial charge in [0.05, 0.1) is 19.9 Å². The van der Waals surface area contributed by atoms with Crippen molar-refractivity contribution in [2.45, 2.75) is 6.54 Å². The predicted molar refractivity (Wildman–Crippen MR) is 87.3 cm³/mol. The molecule has 0 bridgehead atoms. The van der Waals surface area contributed by atoms with Crippen molar-refractivity contribution in [1.82, 2.24) is 10.3 Å². The number of halogens is 1. The summed E-state index contributed by atoms with van der Waals surface area (Å²) in [5.74, 6) is 1.11. The Labute approximate surface area is 137 Å². The summed E-state index contributed by atoms with van der Waals surface area (Å²) in [6.45, 7) is 0.393. The summed E-state index contributed by atoms with van der Waals surface area (Å²) in [6, 6.07) is 6.80. The maximum Gasteiger partial charge on any atom is 0.319 e. The minimum Gasteiger partial charge on any atom is -0.493 e. The van der Waals surface area contributed by atoms with Crippen LogP contribution in [0.4, 0.5) is 10.5 Å². The summed E-state index contributed by atoms with van der Waals surface area (Å²) in [5.41, 5.74) is 1.50. The number of nitrogens with one attached hydrogen (secondary N) is 2. The molecule has 22 heavy (non-hydrogen) atoms. The van der Waals surface area contributed by atoms with E-state index in [1.165, 1.54) is 7.11 Å². The van der Waals surface area contributed by atoms with Crippen LogP contribution in [0.3, 0.4) is 0 Å². The van der Waals surface area contributed by atoms with E-state index in [-0.39, 0.29) is 6.03 Å². The lowest BCUT2D eigenvalue weighted by Gasteiger charge is -2.13. The van der Waals surface area contributed by atoms with Gasteiger partial charge >= 0.3 is 6.03 Å². The van der Waals surface area contributed by atoms with Gasteiger partial charge in [-0.3, -0.25) is 4.98 Å². The van der Waals surface area contributed by atoms with Crippen LogP contribution in [0.2, 0.25) is 0 Å². The number of amides is 2. The number of hydrogen-bond acceptors (Lipinski definition) is 4. The van der Waals surface area contributed by atoms with Gasteiger partial charge in [0.15, 0.2) is 11.5 Å². The maximum atomic E-state index is 12.0. The van der Waals surface area contributed by atoms with Crippen LogP contribution in [-0.2, 0) is 6.54 Å². The molecule has 0 fully saturated rings. The van der Waals surface area contributed by atoms with Gasteiger partial charge in [0, 0.05) is 35.5 Å². The number of aromatic nitrogens is 1. The number of urea groups is 1. The number of anilines is 1. The highest BCUT2D eigenvalue weighted by Crippen LogP contribution is 2.36. The number of pyridine rings is 1. The lowest BCUT2D eigenvalue weighted by molar-refractivity contribution is 0.251. The first-order chi connectivity index (χ1) is 10.6. The number of carbonyl (C=O) groups is 1. The first-order valence-corrected chi connectivity index (χ1v) is 7.28. The molecule has 1 aromatic heterocycles. The molecule has 2 N–H and O–H groups in total. The van der Waals surface area contributed by atoms with Crippen LogP contribution in [0.5, 0.6) is 11.5 Å². The van der Waals surface area contributed by atoms with Crippen LogP contribution in [-0.4, -0.2) is 25.2 Å². The highest BCUT2D eigenvalue weighted by molar-refractivity contribution is 9.10. The molecule has 0 saturated heterocycles. The molecule has 0 atom stereocenters. The molecule has 7 heteroatoms. The molecule has 0 aliphatic carbocycles. The number of methoxy groups -OCH3 is 2. The van der Waals surface area contributed by atoms with Crippen LogP contribution >= 0.6 is 15.9 Å². The molecule has 6 nitrogen and oxygen atoms in total. The van der Waals surface area contributed by atoms with Crippen molar-refractivity contribution >= 4 is 27.6 Å². The highest BCUT2D eigenvalue weighted by atomic mass is 79.9. The Kier molecular flexibility index (Phi) is 5.60. The van der Waals surface area contributed by atoms with Crippen molar-refractivity contribution in [1.29, 1.82) is 0 Å². The largest absolute Gasteiger partial charge is 0.493 e. The third kappa shape index (κ3) is 4.11. The Bertz CT molecular complexity index is 650. The van der Waals surface area contributed by atoms with Gasteiger partial charge in [0.1, 0.15) is 0 Å². The Morgan fingerprint density at radius 2 is 2.00 bits per heavy atom. The second-order valence-corrected chi connectivity index (χ2v) is 5.21. The summed E-state index contributed by atoms with van der Waals surface area (Å²) < 4.78 is 11.1. The van der Waals surface area contributed by atoms with Gasteiger partial charge in [-0.2, -0.15) is 0 Å². The van der Waals surface area contributed by atoms with Gasteiger partial charge in [-0.1, -0.05) is 6.07 Å². The fourth-order valence-corrected chi connectivity index (χ4v) is 2.22. The Morgan fingerprint density at radius 3 is 2.64 bits per heavy atom. The van der Waals surface area contributed by atoms with Crippen LogP contribution in [0.25, 0.3) is 0 Å². The van der Waals surface area contributed by atoms with Crippen LogP contribution in [0, 0.1) is 0 Å². The number of ether oxygens (including phenoxy) is 2. The summed E-state index contributed by atoms with van der Waals surface area (Å²) in [5, 5.41) is 5.51. The fourth-order valence-electron chi connectivity index (χ4n) is 1.80. The van der Waals surface area contributed by atoms with Crippen LogP contribution < -0.4 is 20.1 Å². The summed E-state index contributed by atoms with van der Waals surface area (Å²) in [4.78, 5) is 15.9. The molecule has 2 aromatic rings. The van der Waals surface area contributed by atoms with E-state index in [4.69, 9.17) is 9.47 Å². The molecule has 116 valence electrons. The summed E-state index contributed by atoms with van der Waals surface area (Å²) in [6.07, 6.45) is 3.39. The molecule has 0 spiro atoms. The maximum absolute atomic E-state index is 12.0. The minimum atomic E-state index is -0.322. The van der Waals surface area contributed by atoms with E-state index in [0.717, 1.165) is 5.56 Å². The average molecular weight is 366 g/mol. The standard InChI is InChI=1S/C15H16BrN3O3/c1-21-13-6-11(16)12(7-14(13)22-2)19-15(20)18-9-10-4-3-5-17-8-10/h3-8H,9H2,1-2H3,(H2,18,19,20). The highest BCUT2D eigenvalue weighted by Gasteiger charge is 2.11. The quantitative estimate of drug-likeness (QED) is 0.853. The molecular formula is C15H16BrN3O3. The molecule has 0 unspecified atom stereocenters. The number of nitrogens with zero attached hydrogens (tertiary/aromatic N) is 1. The number of hydrogen-bond donors (Lipinski definition) is 2. The SMILES string of the molecule is COc1cc(Br)c(NC(=O)NCc2cccnc2)cc1OC. The number of carbonyl (C=O) groups excluding carboxylic acids is 1. The predicted octanol–water partition coefficient (Wildman–Crippen LogP) is 3.18. The van der Waals surface area contributed by atoms with Gasteiger partial charge in [-0.15, -0.1) is 0 Å². The first kappa shape index (κ1) is 16.1. The Balaban J connectivity index is 2.02. The zero-order valence-electron chi connectivity index (χ0n) is 12.2. The fraction of sp³-hybridized carbons (Fsp3) is 0.200. The van der Waals surface area contributed by atoms with Crippen LogP contribution in [0.15, 0.2) is 41.1 Å². The first-order valence-electron chi connectivity index (χ1n) is 6.49. The summed E-state index contributed by atoms with van der Waals surface area (Å²) >= 11 is 3.39.